The van der Waals surface area contributed by atoms with E-state index in [-0.39, 0.29) is 6.04 Å². The first kappa shape index (κ1) is 14.9. The zero-order valence-corrected chi connectivity index (χ0v) is 13.4. The molecule has 0 bridgehead atoms. The number of rotatable bonds is 4. The van der Waals surface area contributed by atoms with Gasteiger partial charge in [0.1, 0.15) is 16.0 Å². The maximum Gasteiger partial charge on any atom is 0.141 e. The van der Waals surface area contributed by atoms with Crippen molar-refractivity contribution in [1.29, 1.82) is 0 Å². The van der Waals surface area contributed by atoms with Crippen LogP contribution in [0, 0.1) is 6.92 Å². The number of nitrogens with two attached hydrogens (primary N) is 1. The van der Waals surface area contributed by atoms with Crippen LogP contribution in [0.3, 0.4) is 0 Å². The minimum absolute atomic E-state index is 0.242. The predicted molar refractivity (Wildman–Crippen MR) is 84.5 cm³/mol. The second-order valence-electron chi connectivity index (χ2n) is 4.54. The first-order valence-electron chi connectivity index (χ1n) is 6.31. The maximum absolute atomic E-state index is 6.41. The van der Waals surface area contributed by atoms with Gasteiger partial charge in [-0.1, -0.05) is 24.3 Å². The molecule has 0 aliphatic heterocycles. The molecule has 3 nitrogen and oxygen atoms in total. The Balaban J connectivity index is 2.53. The highest BCUT2D eigenvalue weighted by Gasteiger charge is 2.19. The summed E-state index contributed by atoms with van der Waals surface area (Å²) >= 11 is 3.51. The van der Waals surface area contributed by atoms with Crippen LogP contribution in [-0.4, -0.2) is 14.2 Å². The summed E-state index contributed by atoms with van der Waals surface area (Å²) in [4.78, 5) is 0. The molecule has 0 saturated heterocycles. The van der Waals surface area contributed by atoms with E-state index in [0.717, 1.165) is 26.9 Å². The fourth-order valence-corrected chi connectivity index (χ4v) is 2.95. The van der Waals surface area contributed by atoms with Gasteiger partial charge in [-0.15, -0.1) is 0 Å². The number of hydrogen-bond acceptors (Lipinski definition) is 3. The van der Waals surface area contributed by atoms with Crippen molar-refractivity contribution in [2.24, 2.45) is 5.73 Å². The quantitative estimate of drug-likeness (QED) is 0.923. The zero-order valence-electron chi connectivity index (χ0n) is 11.8. The number of aryl methyl sites for hydroxylation is 1. The van der Waals surface area contributed by atoms with Gasteiger partial charge in [0.15, 0.2) is 0 Å². The van der Waals surface area contributed by atoms with Crippen molar-refractivity contribution in [2.75, 3.05) is 14.2 Å². The minimum Gasteiger partial charge on any atom is -0.495 e. The van der Waals surface area contributed by atoms with E-state index in [1.807, 2.05) is 30.3 Å². The van der Waals surface area contributed by atoms with Gasteiger partial charge in [-0.2, -0.15) is 0 Å². The number of ether oxygens (including phenoxy) is 2. The molecule has 0 spiro atoms. The summed E-state index contributed by atoms with van der Waals surface area (Å²) in [6, 6.07) is 11.7. The Labute approximate surface area is 127 Å². The van der Waals surface area contributed by atoms with E-state index < -0.39 is 0 Å². The Hall–Kier alpha value is -1.52. The summed E-state index contributed by atoms with van der Waals surface area (Å²) in [5.41, 5.74) is 9.58. The first-order chi connectivity index (χ1) is 9.60. The molecule has 0 radical (unpaired) electrons. The van der Waals surface area contributed by atoms with Crippen molar-refractivity contribution in [3.8, 4) is 11.5 Å². The van der Waals surface area contributed by atoms with Gasteiger partial charge in [-0.25, -0.2) is 0 Å². The molecule has 0 aliphatic carbocycles. The van der Waals surface area contributed by atoms with Crippen molar-refractivity contribution >= 4 is 15.9 Å². The summed E-state index contributed by atoms with van der Waals surface area (Å²) in [5, 5.41) is 0. The fourth-order valence-electron chi connectivity index (χ4n) is 2.27. The van der Waals surface area contributed by atoms with Crippen LogP contribution in [0.4, 0.5) is 0 Å². The molecule has 2 aromatic rings. The predicted octanol–water partition coefficient (Wildman–Crippen LogP) is 3.82. The van der Waals surface area contributed by atoms with Crippen LogP contribution >= 0.6 is 15.9 Å². The van der Waals surface area contributed by atoms with Crippen LogP contribution in [0.25, 0.3) is 0 Å². The monoisotopic (exact) mass is 335 g/mol. The van der Waals surface area contributed by atoms with E-state index >= 15 is 0 Å². The number of hydrogen-bond donors (Lipinski definition) is 1. The molecule has 2 aromatic carbocycles. The van der Waals surface area contributed by atoms with Gasteiger partial charge < -0.3 is 15.2 Å². The van der Waals surface area contributed by atoms with Gasteiger partial charge in [0.05, 0.1) is 20.3 Å². The molecule has 1 atom stereocenters. The third kappa shape index (κ3) is 2.67. The fraction of sp³-hybridized carbons (Fsp3) is 0.250. The van der Waals surface area contributed by atoms with Crippen LogP contribution < -0.4 is 15.2 Å². The smallest absolute Gasteiger partial charge is 0.141 e. The molecule has 20 heavy (non-hydrogen) atoms. The van der Waals surface area contributed by atoms with Crippen molar-refractivity contribution in [3.63, 3.8) is 0 Å². The lowest BCUT2D eigenvalue weighted by molar-refractivity contribution is 0.385. The van der Waals surface area contributed by atoms with E-state index in [1.165, 1.54) is 0 Å². The van der Waals surface area contributed by atoms with Gasteiger partial charge >= 0.3 is 0 Å². The Morgan fingerprint density at radius 1 is 1.00 bits per heavy atom. The van der Waals surface area contributed by atoms with Crippen molar-refractivity contribution in [1.82, 2.24) is 0 Å². The average Bonchev–Trinajstić information content (AvgIpc) is 2.46. The van der Waals surface area contributed by atoms with Gasteiger partial charge in [-0.05, 0) is 46.1 Å². The topological polar surface area (TPSA) is 44.5 Å². The maximum atomic E-state index is 6.41. The van der Waals surface area contributed by atoms with Crippen LogP contribution in [0.5, 0.6) is 11.5 Å². The van der Waals surface area contributed by atoms with E-state index in [9.17, 15) is 0 Å². The Bertz CT molecular complexity index is 613. The van der Waals surface area contributed by atoms with Gasteiger partial charge in [0.2, 0.25) is 0 Å². The molecule has 0 heterocycles. The van der Waals surface area contributed by atoms with Crippen LogP contribution in [0.2, 0.25) is 0 Å². The van der Waals surface area contributed by atoms with Gasteiger partial charge in [-0.3, -0.25) is 0 Å². The summed E-state index contributed by atoms with van der Waals surface area (Å²) in [6.07, 6.45) is 0. The first-order valence-corrected chi connectivity index (χ1v) is 7.11. The second-order valence-corrected chi connectivity index (χ2v) is 5.33. The molecule has 0 aromatic heterocycles. The minimum atomic E-state index is -0.242. The van der Waals surface area contributed by atoms with Crippen LogP contribution in [0.1, 0.15) is 22.7 Å². The molecule has 0 amide bonds. The normalized spacial score (nSPS) is 12.1. The van der Waals surface area contributed by atoms with Crippen molar-refractivity contribution in [3.05, 3.63) is 57.6 Å². The molecule has 4 heteroatoms. The standard InChI is InChI=1S/C16H18BrNO2/c1-10-6-4-5-7-11(10)15(18)12-8-9-13(19-2)14(17)16(12)20-3/h4-9,15H,18H2,1-3H3. The lowest BCUT2D eigenvalue weighted by atomic mass is 9.95. The molecule has 1 unspecified atom stereocenters. The lowest BCUT2D eigenvalue weighted by Crippen LogP contribution is -2.14. The molecule has 106 valence electrons. The van der Waals surface area contributed by atoms with Gasteiger partial charge in [0, 0.05) is 5.56 Å². The molecular weight excluding hydrogens is 318 g/mol. The number of halogens is 1. The SMILES string of the molecule is COc1ccc(C(N)c2ccccc2C)c(OC)c1Br. The summed E-state index contributed by atoms with van der Waals surface area (Å²) in [7, 11) is 3.26. The average molecular weight is 336 g/mol. The highest BCUT2D eigenvalue weighted by molar-refractivity contribution is 9.10. The van der Waals surface area contributed by atoms with Crippen molar-refractivity contribution < 1.29 is 9.47 Å². The molecule has 2 N–H and O–H groups in total. The van der Waals surface area contributed by atoms with Crippen molar-refractivity contribution in [2.45, 2.75) is 13.0 Å². The Kier molecular flexibility index (Phi) is 4.68. The molecule has 0 fully saturated rings. The van der Waals surface area contributed by atoms with Crippen LogP contribution in [-0.2, 0) is 0 Å². The van der Waals surface area contributed by atoms with E-state index in [1.54, 1.807) is 14.2 Å². The number of benzene rings is 2. The molecule has 0 saturated carbocycles. The van der Waals surface area contributed by atoms with Gasteiger partial charge in [0.25, 0.3) is 0 Å². The summed E-state index contributed by atoms with van der Waals surface area (Å²) in [5.74, 6) is 1.43. The van der Waals surface area contributed by atoms with E-state index in [0.29, 0.717) is 5.75 Å². The largest absolute Gasteiger partial charge is 0.495 e. The third-order valence-electron chi connectivity index (χ3n) is 3.37. The lowest BCUT2D eigenvalue weighted by Gasteiger charge is -2.20. The second kappa shape index (κ2) is 6.29. The molecular formula is C16H18BrNO2. The van der Waals surface area contributed by atoms with E-state index in [4.69, 9.17) is 15.2 Å². The highest BCUT2D eigenvalue weighted by atomic mass is 79.9. The molecule has 0 aliphatic rings. The van der Waals surface area contributed by atoms with E-state index in [2.05, 4.69) is 28.9 Å². The number of methoxy groups -OCH3 is 2. The summed E-state index contributed by atoms with van der Waals surface area (Å²) in [6.45, 7) is 2.06. The Morgan fingerprint density at radius 3 is 2.30 bits per heavy atom. The Morgan fingerprint density at radius 2 is 1.70 bits per heavy atom. The molecule has 2 rings (SSSR count). The summed E-state index contributed by atoms with van der Waals surface area (Å²) < 4.78 is 11.6. The highest BCUT2D eigenvalue weighted by Crippen LogP contribution is 2.40. The third-order valence-corrected chi connectivity index (χ3v) is 4.13. The zero-order chi connectivity index (χ0) is 14.7. The van der Waals surface area contributed by atoms with Crippen LogP contribution in [0.15, 0.2) is 40.9 Å².